The average molecular weight is 801 g/mol. The smallest absolute Gasteiger partial charge is 0.462 e. The van der Waals surface area contributed by atoms with Gasteiger partial charge in [-0.25, -0.2) is 4.57 Å². The van der Waals surface area contributed by atoms with E-state index in [1.54, 1.807) is 12.2 Å². The second-order valence-electron chi connectivity index (χ2n) is 14.7. The number of phosphoric ester groups is 1. The van der Waals surface area contributed by atoms with E-state index in [2.05, 4.69) is 18.4 Å². The Kier molecular flexibility index (Phi) is 30.4. The number of aliphatic hydroxyl groups excluding tert-OH is 3. The lowest BCUT2D eigenvalue weighted by atomic mass is 9.90. The number of rotatable bonds is 36. The van der Waals surface area contributed by atoms with Crippen LogP contribution in [-0.2, 0) is 37.5 Å². The molecular weight excluding hydrogens is 727 g/mol. The van der Waals surface area contributed by atoms with Gasteiger partial charge in [0.25, 0.3) is 0 Å². The van der Waals surface area contributed by atoms with Crippen LogP contribution < -0.4 is 0 Å². The zero-order valence-electron chi connectivity index (χ0n) is 33.7. The predicted molar refractivity (Wildman–Crippen MR) is 214 cm³/mol. The summed E-state index contributed by atoms with van der Waals surface area (Å²) >= 11 is 0. The van der Waals surface area contributed by atoms with Crippen LogP contribution in [0.15, 0.2) is 36.5 Å². The van der Waals surface area contributed by atoms with Crippen molar-refractivity contribution in [3.8, 4) is 0 Å². The topological polar surface area (TPSA) is 186 Å². The molecule has 0 radical (unpaired) electrons. The first-order valence-corrected chi connectivity index (χ1v) is 22.5. The van der Waals surface area contributed by atoms with Crippen molar-refractivity contribution in [2.45, 2.75) is 173 Å². The number of esters is 2. The SMILES string of the molecule is CCCCCCCCCCCCCCCC(=O)OC[C@H](COP(=O)(O)OC[C@@H](O)CO)OC(=O)CCC/C=C\C[C@H]1C=CC(=O)[C@@H]1/C=C/[C@@H](O)CCCCC. The highest BCUT2D eigenvalue weighted by Gasteiger charge is 2.28. The van der Waals surface area contributed by atoms with Crippen molar-refractivity contribution >= 4 is 25.5 Å². The van der Waals surface area contributed by atoms with Gasteiger partial charge in [0, 0.05) is 18.8 Å². The molecule has 55 heavy (non-hydrogen) atoms. The van der Waals surface area contributed by atoms with Gasteiger partial charge in [0.05, 0.1) is 25.9 Å². The maximum atomic E-state index is 12.7. The van der Waals surface area contributed by atoms with E-state index in [0.29, 0.717) is 32.1 Å². The first-order chi connectivity index (χ1) is 26.5. The predicted octanol–water partition coefficient (Wildman–Crippen LogP) is 8.39. The van der Waals surface area contributed by atoms with E-state index in [4.69, 9.17) is 19.1 Å². The van der Waals surface area contributed by atoms with E-state index in [1.165, 1.54) is 57.8 Å². The molecule has 0 heterocycles. The fourth-order valence-electron chi connectivity index (χ4n) is 6.16. The molecule has 4 N–H and O–H groups in total. The number of hydrogen-bond acceptors (Lipinski definition) is 11. The van der Waals surface area contributed by atoms with Crippen LogP contribution in [0.1, 0.15) is 155 Å². The Labute approximate surface area is 330 Å². The highest BCUT2D eigenvalue weighted by atomic mass is 31.2. The molecule has 0 aromatic carbocycles. The van der Waals surface area contributed by atoms with E-state index >= 15 is 0 Å². The minimum Gasteiger partial charge on any atom is -0.462 e. The molecule has 0 saturated carbocycles. The van der Waals surface area contributed by atoms with Gasteiger partial charge < -0.3 is 29.7 Å². The molecule has 0 spiro atoms. The van der Waals surface area contributed by atoms with Crippen LogP contribution in [0, 0.1) is 11.8 Å². The molecule has 318 valence electrons. The fraction of sp³-hybridized carbons (Fsp3) is 0.786. The van der Waals surface area contributed by atoms with Crippen LogP contribution in [0.2, 0.25) is 0 Å². The van der Waals surface area contributed by atoms with E-state index in [9.17, 15) is 34.1 Å². The number of ketones is 1. The van der Waals surface area contributed by atoms with Crippen molar-refractivity contribution in [1.82, 2.24) is 0 Å². The zero-order chi connectivity index (χ0) is 40.6. The monoisotopic (exact) mass is 800 g/mol. The fourth-order valence-corrected chi connectivity index (χ4v) is 6.95. The molecule has 13 heteroatoms. The van der Waals surface area contributed by atoms with Gasteiger partial charge in [-0.05, 0) is 44.1 Å². The summed E-state index contributed by atoms with van der Waals surface area (Å²) in [6.07, 6.45) is 28.8. The third-order valence-electron chi connectivity index (χ3n) is 9.55. The summed E-state index contributed by atoms with van der Waals surface area (Å²) < 4.78 is 32.6. The van der Waals surface area contributed by atoms with Gasteiger partial charge in [-0.1, -0.05) is 141 Å². The summed E-state index contributed by atoms with van der Waals surface area (Å²) in [5.74, 6) is -1.36. The number of phosphoric acid groups is 1. The normalized spacial score (nSPS) is 18.5. The van der Waals surface area contributed by atoms with E-state index in [-0.39, 0.29) is 37.1 Å². The second-order valence-corrected chi connectivity index (χ2v) is 16.1. The third kappa shape index (κ3) is 28.0. The molecule has 6 atom stereocenters. The minimum atomic E-state index is -4.67. The van der Waals surface area contributed by atoms with Gasteiger partial charge in [-0.15, -0.1) is 0 Å². The highest BCUT2D eigenvalue weighted by Crippen LogP contribution is 2.43. The molecule has 0 bridgehead atoms. The number of ether oxygens (including phenoxy) is 2. The number of aliphatic hydroxyl groups is 3. The lowest BCUT2D eigenvalue weighted by molar-refractivity contribution is -0.161. The van der Waals surface area contributed by atoms with Crippen molar-refractivity contribution in [1.29, 1.82) is 0 Å². The summed E-state index contributed by atoms with van der Waals surface area (Å²) in [6, 6.07) is 0. The van der Waals surface area contributed by atoms with Gasteiger partial charge in [0.2, 0.25) is 0 Å². The molecule has 0 fully saturated rings. The number of carbonyl (C=O) groups is 3. The lowest BCUT2D eigenvalue weighted by Gasteiger charge is -2.20. The van der Waals surface area contributed by atoms with Gasteiger partial charge in [0.1, 0.15) is 12.7 Å². The molecule has 0 saturated heterocycles. The van der Waals surface area contributed by atoms with Gasteiger partial charge in [0.15, 0.2) is 11.9 Å². The standard InChI is InChI=1S/C42H73O12P/c1-3-5-7-8-9-10-11-12-13-14-15-16-21-25-41(47)51-33-38(34-53-55(49,50)52-32-37(45)31-43)54-42(48)26-22-18-17-20-23-35-27-30-40(46)39(35)29-28-36(44)24-19-6-4-2/h17,20,27-30,35-39,43-45H,3-16,18-19,21-26,31-34H2,1-2H3,(H,49,50)/b20-17-,29-28+/t35-,36-,37-,38+,39+/m0/s1. The Balaban J connectivity index is 2.46. The van der Waals surface area contributed by atoms with Crippen molar-refractivity contribution in [2.24, 2.45) is 11.8 Å². The lowest BCUT2D eigenvalue weighted by Crippen LogP contribution is -2.29. The summed E-state index contributed by atoms with van der Waals surface area (Å²) in [5.41, 5.74) is 0. The maximum absolute atomic E-state index is 12.7. The summed E-state index contributed by atoms with van der Waals surface area (Å²) in [6.45, 7) is 2.04. The molecule has 1 aliphatic carbocycles. The maximum Gasteiger partial charge on any atom is 0.472 e. The average Bonchev–Trinajstić information content (AvgIpc) is 3.52. The summed E-state index contributed by atoms with van der Waals surface area (Å²) in [7, 11) is -4.67. The van der Waals surface area contributed by atoms with Crippen LogP contribution in [0.4, 0.5) is 0 Å². The molecular formula is C42H73O12P. The Morgan fingerprint density at radius 2 is 1.36 bits per heavy atom. The van der Waals surface area contributed by atoms with Gasteiger partial charge in [-0.2, -0.15) is 0 Å². The molecule has 12 nitrogen and oxygen atoms in total. The third-order valence-corrected chi connectivity index (χ3v) is 10.5. The van der Waals surface area contributed by atoms with Crippen LogP contribution >= 0.6 is 7.82 Å². The Hall–Kier alpha value is -2.18. The number of carbonyl (C=O) groups excluding carboxylic acids is 3. The van der Waals surface area contributed by atoms with Crippen LogP contribution in [0.25, 0.3) is 0 Å². The summed E-state index contributed by atoms with van der Waals surface area (Å²) in [5, 5.41) is 28.5. The van der Waals surface area contributed by atoms with Crippen LogP contribution in [0.3, 0.4) is 0 Å². The number of allylic oxidation sites excluding steroid dienone is 5. The van der Waals surface area contributed by atoms with Crippen molar-refractivity contribution in [3.63, 3.8) is 0 Å². The van der Waals surface area contributed by atoms with E-state index in [1.807, 2.05) is 24.3 Å². The first-order valence-electron chi connectivity index (χ1n) is 21.0. The largest absolute Gasteiger partial charge is 0.472 e. The van der Waals surface area contributed by atoms with Gasteiger partial charge in [-0.3, -0.25) is 23.4 Å². The van der Waals surface area contributed by atoms with E-state index < -0.39 is 57.9 Å². The van der Waals surface area contributed by atoms with E-state index in [0.717, 1.165) is 38.5 Å². The number of hydrogen-bond donors (Lipinski definition) is 4. The van der Waals surface area contributed by atoms with Crippen LogP contribution in [0.5, 0.6) is 0 Å². The van der Waals surface area contributed by atoms with Crippen molar-refractivity contribution in [2.75, 3.05) is 26.4 Å². The molecule has 0 aliphatic heterocycles. The quantitative estimate of drug-likeness (QED) is 0.0206. The Morgan fingerprint density at radius 3 is 2.00 bits per heavy atom. The van der Waals surface area contributed by atoms with Crippen LogP contribution in [-0.4, -0.2) is 82.7 Å². The Bertz CT molecular complexity index is 1160. The molecule has 0 aromatic heterocycles. The molecule has 0 aromatic rings. The zero-order valence-corrected chi connectivity index (χ0v) is 34.6. The summed E-state index contributed by atoms with van der Waals surface area (Å²) in [4.78, 5) is 47.4. The molecule has 1 unspecified atom stereocenters. The Morgan fingerprint density at radius 1 is 0.782 bits per heavy atom. The molecule has 0 amide bonds. The second kappa shape index (κ2) is 32.9. The highest BCUT2D eigenvalue weighted by molar-refractivity contribution is 7.47. The molecule has 1 rings (SSSR count). The van der Waals surface area contributed by atoms with Crippen molar-refractivity contribution < 1.29 is 57.7 Å². The number of unbranched alkanes of at least 4 members (excludes halogenated alkanes) is 15. The first kappa shape index (κ1) is 50.8. The van der Waals surface area contributed by atoms with Crippen molar-refractivity contribution in [3.05, 3.63) is 36.5 Å². The molecule has 1 aliphatic rings. The van der Waals surface area contributed by atoms with Gasteiger partial charge >= 0.3 is 19.8 Å². The minimum absolute atomic E-state index is 0.000745.